The van der Waals surface area contributed by atoms with Crippen LogP contribution < -0.4 is 5.32 Å². The Labute approximate surface area is 59.4 Å². The third-order valence-electron chi connectivity index (χ3n) is 2.33. The topological polar surface area (TPSA) is 52.5 Å². The van der Waals surface area contributed by atoms with E-state index in [1.165, 1.54) is 5.57 Å². The van der Waals surface area contributed by atoms with Crippen molar-refractivity contribution < 1.29 is 10.2 Å². The van der Waals surface area contributed by atoms with Gasteiger partial charge in [0.25, 0.3) is 0 Å². The molecule has 3 heteroatoms. The normalized spacial score (nSPS) is 29.4. The Bertz CT molecular complexity index is 196. The fraction of sp³-hybridized carbons (Fsp3) is 0.714. The summed E-state index contributed by atoms with van der Waals surface area (Å²) >= 11 is 0. The molecule has 2 aliphatic rings. The molecule has 3 nitrogen and oxygen atoms in total. The lowest BCUT2D eigenvalue weighted by atomic mass is 10.1. The Morgan fingerprint density at radius 2 is 2.10 bits per heavy atom. The SMILES string of the molecule is OC1(O)CCC2=C1CNC2. The van der Waals surface area contributed by atoms with Crippen LogP contribution in [-0.2, 0) is 0 Å². The monoisotopic (exact) mass is 141 g/mol. The van der Waals surface area contributed by atoms with E-state index in [9.17, 15) is 10.2 Å². The Balaban J connectivity index is 2.32. The standard InChI is InChI=1S/C7H11NO2/c9-7(10)2-1-5-3-8-4-6(5)7/h8-10H,1-4H2. The summed E-state index contributed by atoms with van der Waals surface area (Å²) in [6.45, 7) is 1.50. The van der Waals surface area contributed by atoms with Crippen molar-refractivity contribution in [2.75, 3.05) is 13.1 Å². The molecule has 1 heterocycles. The molecule has 3 N–H and O–H groups in total. The fourth-order valence-electron chi connectivity index (χ4n) is 1.71. The van der Waals surface area contributed by atoms with Gasteiger partial charge in [-0.15, -0.1) is 0 Å². The van der Waals surface area contributed by atoms with Crippen LogP contribution in [0.15, 0.2) is 11.1 Å². The minimum atomic E-state index is -1.49. The number of hydrogen-bond donors (Lipinski definition) is 3. The Kier molecular flexibility index (Phi) is 1.15. The van der Waals surface area contributed by atoms with E-state index >= 15 is 0 Å². The predicted molar refractivity (Wildman–Crippen MR) is 36.3 cm³/mol. The first-order chi connectivity index (χ1) is 4.70. The molecule has 0 saturated carbocycles. The number of rotatable bonds is 0. The van der Waals surface area contributed by atoms with E-state index < -0.39 is 5.79 Å². The van der Waals surface area contributed by atoms with Gasteiger partial charge < -0.3 is 15.5 Å². The molecule has 1 aliphatic carbocycles. The van der Waals surface area contributed by atoms with Crippen LogP contribution in [0.2, 0.25) is 0 Å². The molecule has 0 aromatic heterocycles. The lowest BCUT2D eigenvalue weighted by Crippen LogP contribution is -2.30. The minimum absolute atomic E-state index is 0.485. The van der Waals surface area contributed by atoms with Crippen molar-refractivity contribution >= 4 is 0 Å². The smallest absolute Gasteiger partial charge is 0.187 e. The lowest BCUT2D eigenvalue weighted by molar-refractivity contribution is -0.126. The van der Waals surface area contributed by atoms with Gasteiger partial charge in [0.15, 0.2) is 5.79 Å². The molecule has 0 radical (unpaired) electrons. The molecule has 2 rings (SSSR count). The van der Waals surface area contributed by atoms with Gasteiger partial charge in [-0.25, -0.2) is 0 Å². The van der Waals surface area contributed by atoms with Gasteiger partial charge in [-0.05, 0) is 6.42 Å². The molecule has 0 aromatic rings. The van der Waals surface area contributed by atoms with Gasteiger partial charge in [-0.1, -0.05) is 5.57 Å². The van der Waals surface area contributed by atoms with Crippen molar-refractivity contribution in [1.29, 1.82) is 0 Å². The molecule has 10 heavy (non-hydrogen) atoms. The van der Waals surface area contributed by atoms with E-state index in [4.69, 9.17) is 0 Å². The zero-order valence-corrected chi connectivity index (χ0v) is 5.72. The van der Waals surface area contributed by atoms with Crippen molar-refractivity contribution in [2.24, 2.45) is 0 Å². The fourth-order valence-corrected chi connectivity index (χ4v) is 1.71. The van der Waals surface area contributed by atoms with Crippen molar-refractivity contribution in [3.8, 4) is 0 Å². The summed E-state index contributed by atoms with van der Waals surface area (Å²) in [6, 6.07) is 0. The predicted octanol–water partition coefficient (Wildman–Crippen LogP) is -0.639. The van der Waals surface area contributed by atoms with Crippen molar-refractivity contribution in [1.82, 2.24) is 5.32 Å². The van der Waals surface area contributed by atoms with Crippen LogP contribution in [0.25, 0.3) is 0 Å². The molecule has 0 bridgehead atoms. The average Bonchev–Trinajstić information content (AvgIpc) is 2.36. The zero-order chi connectivity index (χ0) is 7.19. The van der Waals surface area contributed by atoms with E-state index in [-0.39, 0.29) is 0 Å². The summed E-state index contributed by atoms with van der Waals surface area (Å²) in [6.07, 6.45) is 1.33. The second kappa shape index (κ2) is 1.81. The van der Waals surface area contributed by atoms with Crippen LogP contribution in [0.4, 0.5) is 0 Å². The Hall–Kier alpha value is -0.380. The van der Waals surface area contributed by atoms with E-state index in [0.717, 1.165) is 18.5 Å². The number of hydrogen-bond acceptors (Lipinski definition) is 3. The number of aliphatic hydroxyl groups is 2. The van der Waals surface area contributed by atoms with Crippen LogP contribution in [0.1, 0.15) is 12.8 Å². The van der Waals surface area contributed by atoms with Crippen LogP contribution in [-0.4, -0.2) is 29.1 Å². The van der Waals surface area contributed by atoms with Crippen LogP contribution in [0, 0.1) is 0 Å². The summed E-state index contributed by atoms with van der Waals surface area (Å²) in [5.41, 5.74) is 2.01. The molecule has 0 amide bonds. The van der Waals surface area contributed by atoms with Crippen LogP contribution in [0.3, 0.4) is 0 Å². The highest BCUT2D eigenvalue weighted by molar-refractivity contribution is 5.33. The van der Waals surface area contributed by atoms with Crippen molar-refractivity contribution in [3.63, 3.8) is 0 Å². The van der Waals surface area contributed by atoms with E-state index in [1.807, 2.05) is 0 Å². The zero-order valence-electron chi connectivity index (χ0n) is 5.72. The first-order valence-electron chi connectivity index (χ1n) is 3.57. The summed E-state index contributed by atoms with van der Waals surface area (Å²) < 4.78 is 0. The van der Waals surface area contributed by atoms with E-state index in [0.29, 0.717) is 13.0 Å². The maximum atomic E-state index is 9.32. The van der Waals surface area contributed by atoms with Gasteiger partial charge in [0.2, 0.25) is 0 Å². The van der Waals surface area contributed by atoms with Crippen LogP contribution in [0.5, 0.6) is 0 Å². The maximum Gasteiger partial charge on any atom is 0.187 e. The highest BCUT2D eigenvalue weighted by Crippen LogP contribution is 2.35. The summed E-state index contributed by atoms with van der Waals surface area (Å²) in [7, 11) is 0. The van der Waals surface area contributed by atoms with Crippen molar-refractivity contribution in [2.45, 2.75) is 18.6 Å². The Morgan fingerprint density at radius 3 is 2.80 bits per heavy atom. The molecular formula is C7H11NO2. The molecule has 0 unspecified atom stereocenters. The van der Waals surface area contributed by atoms with Crippen molar-refractivity contribution in [3.05, 3.63) is 11.1 Å². The highest BCUT2D eigenvalue weighted by Gasteiger charge is 2.38. The highest BCUT2D eigenvalue weighted by atomic mass is 16.5. The third-order valence-corrected chi connectivity index (χ3v) is 2.33. The first-order valence-corrected chi connectivity index (χ1v) is 3.57. The molecule has 0 spiro atoms. The summed E-state index contributed by atoms with van der Waals surface area (Å²) in [4.78, 5) is 0. The van der Waals surface area contributed by atoms with Crippen LogP contribution >= 0.6 is 0 Å². The molecular weight excluding hydrogens is 130 g/mol. The lowest BCUT2D eigenvalue weighted by Gasteiger charge is -2.17. The Morgan fingerprint density at radius 1 is 1.30 bits per heavy atom. The average molecular weight is 141 g/mol. The van der Waals surface area contributed by atoms with E-state index in [2.05, 4.69) is 5.32 Å². The third kappa shape index (κ3) is 0.714. The van der Waals surface area contributed by atoms with Gasteiger partial charge in [0.05, 0.1) is 0 Å². The van der Waals surface area contributed by atoms with Gasteiger partial charge in [0.1, 0.15) is 0 Å². The molecule has 0 saturated heterocycles. The first kappa shape index (κ1) is 6.34. The molecule has 1 aliphatic heterocycles. The quantitative estimate of drug-likeness (QED) is 0.311. The van der Waals surface area contributed by atoms with Gasteiger partial charge >= 0.3 is 0 Å². The molecule has 0 atom stereocenters. The minimum Gasteiger partial charge on any atom is -0.362 e. The molecule has 0 fully saturated rings. The summed E-state index contributed by atoms with van der Waals surface area (Å²) in [5, 5.41) is 21.7. The second-order valence-corrected chi connectivity index (χ2v) is 3.00. The summed E-state index contributed by atoms with van der Waals surface area (Å²) in [5.74, 6) is -1.49. The number of nitrogens with one attached hydrogen (secondary N) is 1. The maximum absolute atomic E-state index is 9.32. The second-order valence-electron chi connectivity index (χ2n) is 3.00. The largest absolute Gasteiger partial charge is 0.362 e. The van der Waals surface area contributed by atoms with Gasteiger partial charge in [-0.2, -0.15) is 0 Å². The van der Waals surface area contributed by atoms with Gasteiger partial charge in [-0.3, -0.25) is 0 Å². The molecule has 0 aromatic carbocycles. The van der Waals surface area contributed by atoms with Gasteiger partial charge in [0, 0.05) is 25.1 Å². The van der Waals surface area contributed by atoms with E-state index in [1.54, 1.807) is 0 Å². The molecule has 56 valence electrons.